The van der Waals surface area contributed by atoms with Crippen LogP contribution >= 0.6 is 0 Å². The summed E-state index contributed by atoms with van der Waals surface area (Å²) in [7, 11) is 2.11. The van der Waals surface area contributed by atoms with Gasteiger partial charge in [0.25, 0.3) is 5.91 Å². The molecule has 0 fully saturated rings. The molecule has 0 radical (unpaired) electrons. The van der Waals surface area contributed by atoms with E-state index >= 15 is 0 Å². The number of fused-ring (bicyclic) bond motifs is 1. The topological polar surface area (TPSA) is 97.1 Å². The molecule has 30 heavy (non-hydrogen) atoms. The SMILES string of the molecule is CC1CC(C)(C)N(C)c2ccc(/C=N\NC(=O)COc3ccccc3[N+](=O)[O-])cc21. The number of carbonyl (C=O) groups is 1. The van der Waals surface area contributed by atoms with E-state index in [1.54, 1.807) is 12.3 Å². The maximum absolute atomic E-state index is 12.0. The van der Waals surface area contributed by atoms with Gasteiger partial charge in [-0.1, -0.05) is 25.1 Å². The summed E-state index contributed by atoms with van der Waals surface area (Å²) in [6.45, 7) is 6.33. The largest absolute Gasteiger partial charge is 0.477 e. The fourth-order valence-corrected chi connectivity index (χ4v) is 3.76. The third-order valence-electron chi connectivity index (χ3n) is 5.48. The molecular formula is C22H26N4O4. The molecule has 0 saturated heterocycles. The van der Waals surface area contributed by atoms with Gasteiger partial charge in [-0.2, -0.15) is 5.10 Å². The number of nitrogens with zero attached hydrogens (tertiary/aromatic N) is 3. The number of amides is 1. The van der Waals surface area contributed by atoms with Crippen LogP contribution in [0.25, 0.3) is 0 Å². The number of rotatable bonds is 6. The predicted octanol–water partition coefficient (Wildman–Crippen LogP) is 3.85. The maximum Gasteiger partial charge on any atom is 0.310 e. The van der Waals surface area contributed by atoms with Gasteiger partial charge in [-0.3, -0.25) is 14.9 Å². The second kappa shape index (κ2) is 8.52. The number of ether oxygens (including phenoxy) is 1. The lowest BCUT2D eigenvalue weighted by atomic mass is 9.80. The smallest absolute Gasteiger partial charge is 0.310 e. The summed E-state index contributed by atoms with van der Waals surface area (Å²) in [5.41, 5.74) is 5.65. The van der Waals surface area contributed by atoms with E-state index in [2.05, 4.69) is 55.4 Å². The Hall–Kier alpha value is -3.42. The number of carbonyl (C=O) groups excluding carboxylic acids is 1. The molecule has 1 aliphatic heterocycles. The van der Waals surface area contributed by atoms with Crippen molar-refractivity contribution in [2.75, 3.05) is 18.6 Å². The Morgan fingerprint density at radius 2 is 2.10 bits per heavy atom. The quantitative estimate of drug-likeness (QED) is 0.443. The zero-order valence-electron chi connectivity index (χ0n) is 17.6. The second-order valence-corrected chi connectivity index (χ2v) is 8.10. The molecule has 8 heteroatoms. The van der Waals surface area contributed by atoms with E-state index in [0.717, 1.165) is 12.0 Å². The fourth-order valence-electron chi connectivity index (χ4n) is 3.76. The van der Waals surface area contributed by atoms with Gasteiger partial charge in [-0.15, -0.1) is 0 Å². The molecule has 2 aromatic rings. The highest BCUT2D eigenvalue weighted by atomic mass is 16.6. The summed E-state index contributed by atoms with van der Waals surface area (Å²) in [5.74, 6) is -0.0428. The molecule has 1 atom stereocenters. The number of hydrazone groups is 1. The number of para-hydroxylation sites is 2. The van der Waals surface area contributed by atoms with Gasteiger partial charge in [0.15, 0.2) is 12.4 Å². The molecule has 0 saturated carbocycles. The second-order valence-electron chi connectivity index (χ2n) is 8.10. The first-order valence-electron chi connectivity index (χ1n) is 9.75. The van der Waals surface area contributed by atoms with Crippen LogP contribution in [-0.2, 0) is 4.79 Å². The van der Waals surface area contributed by atoms with Crippen molar-refractivity contribution in [1.82, 2.24) is 5.43 Å². The van der Waals surface area contributed by atoms with Crippen molar-refractivity contribution in [3.05, 3.63) is 63.7 Å². The van der Waals surface area contributed by atoms with Gasteiger partial charge < -0.3 is 9.64 Å². The van der Waals surface area contributed by atoms with Crippen molar-refractivity contribution >= 4 is 23.5 Å². The average molecular weight is 410 g/mol. The molecule has 0 spiro atoms. The number of benzene rings is 2. The number of nitrogens with one attached hydrogen (secondary N) is 1. The first-order valence-corrected chi connectivity index (χ1v) is 9.75. The molecule has 1 amide bonds. The maximum atomic E-state index is 12.0. The molecule has 1 unspecified atom stereocenters. The minimum absolute atomic E-state index is 0.0392. The Kier molecular flexibility index (Phi) is 6.05. The van der Waals surface area contributed by atoms with Crippen molar-refractivity contribution in [3.63, 3.8) is 0 Å². The standard InChI is InChI=1S/C22H26N4O4/c1-15-12-22(2,3)25(4)18-10-9-16(11-17(15)18)13-23-24-21(27)14-30-20-8-6-5-7-19(20)26(28)29/h5-11,13,15H,12,14H2,1-4H3,(H,24,27)/b23-13-. The van der Waals surface area contributed by atoms with E-state index in [-0.39, 0.29) is 23.6 Å². The minimum atomic E-state index is -0.555. The lowest BCUT2D eigenvalue weighted by molar-refractivity contribution is -0.385. The van der Waals surface area contributed by atoms with Gasteiger partial charge in [0, 0.05) is 24.3 Å². The predicted molar refractivity (Wildman–Crippen MR) is 116 cm³/mol. The van der Waals surface area contributed by atoms with Gasteiger partial charge in [0.2, 0.25) is 0 Å². The highest BCUT2D eigenvalue weighted by Crippen LogP contribution is 2.42. The molecule has 3 rings (SSSR count). The van der Waals surface area contributed by atoms with E-state index in [9.17, 15) is 14.9 Å². The third kappa shape index (κ3) is 4.59. The summed E-state index contributed by atoms with van der Waals surface area (Å²) in [5, 5.41) is 15.0. The zero-order valence-corrected chi connectivity index (χ0v) is 17.6. The van der Waals surface area contributed by atoms with Crippen LogP contribution in [0.5, 0.6) is 5.75 Å². The van der Waals surface area contributed by atoms with E-state index in [1.165, 1.54) is 29.4 Å². The van der Waals surface area contributed by atoms with Crippen LogP contribution in [0.15, 0.2) is 47.6 Å². The summed E-state index contributed by atoms with van der Waals surface area (Å²) in [4.78, 5) is 24.7. The molecular weight excluding hydrogens is 384 g/mol. The molecule has 1 aliphatic rings. The van der Waals surface area contributed by atoms with Gasteiger partial charge >= 0.3 is 5.69 Å². The summed E-state index contributed by atoms with van der Waals surface area (Å²) in [6, 6.07) is 12.0. The first-order chi connectivity index (χ1) is 14.2. The van der Waals surface area contributed by atoms with E-state index in [1.807, 2.05) is 6.07 Å². The van der Waals surface area contributed by atoms with Crippen molar-refractivity contribution in [2.24, 2.45) is 5.10 Å². The normalized spacial score (nSPS) is 17.5. The van der Waals surface area contributed by atoms with Crippen LogP contribution in [0.2, 0.25) is 0 Å². The Morgan fingerprint density at radius 1 is 1.37 bits per heavy atom. The zero-order chi connectivity index (χ0) is 21.9. The van der Waals surface area contributed by atoms with Gasteiger partial charge in [-0.05, 0) is 55.5 Å². The lowest BCUT2D eigenvalue weighted by Crippen LogP contribution is -2.45. The molecule has 158 valence electrons. The molecule has 1 N–H and O–H groups in total. The van der Waals surface area contributed by atoms with Gasteiger partial charge in [0.05, 0.1) is 11.1 Å². The molecule has 0 aliphatic carbocycles. The number of hydrogen-bond acceptors (Lipinski definition) is 6. The van der Waals surface area contributed by atoms with E-state index < -0.39 is 10.8 Å². The minimum Gasteiger partial charge on any atom is -0.477 e. The molecule has 8 nitrogen and oxygen atoms in total. The molecule has 0 aromatic heterocycles. The number of anilines is 1. The fraction of sp³-hybridized carbons (Fsp3) is 0.364. The highest BCUT2D eigenvalue weighted by Gasteiger charge is 2.33. The summed E-state index contributed by atoms with van der Waals surface area (Å²) in [6.07, 6.45) is 2.63. The van der Waals surface area contributed by atoms with Crippen molar-refractivity contribution in [1.29, 1.82) is 0 Å². The summed E-state index contributed by atoms with van der Waals surface area (Å²) >= 11 is 0. The van der Waals surface area contributed by atoms with Crippen LogP contribution in [0.3, 0.4) is 0 Å². The van der Waals surface area contributed by atoms with Gasteiger partial charge in [0.1, 0.15) is 0 Å². The van der Waals surface area contributed by atoms with Gasteiger partial charge in [-0.25, -0.2) is 5.43 Å². The Labute approximate surface area is 175 Å². The third-order valence-corrected chi connectivity index (χ3v) is 5.48. The Bertz CT molecular complexity index is 987. The Morgan fingerprint density at radius 3 is 2.83 bits per heavy atom. The van der Waals surface area contributed by atoms with Crippen LogP contribution in [0.1, 0.15) is 44.2 Å². The monoisotopic (exact) mass is 410 g/mol. The molecule has 0 bridgehead atoms. The van der Waals surface area contributed by atoms with E-state index in [4.69, 9.17) is 4.74 Å². The summed E-state index contributed by atoms with van der Waals surface area (Å²) < 4.78 is 5.25. The van der Waals surface area contributed by atoms with Crippen LogP contribution < -0.4 is 15.1 Å². The lowest BCUT2D eigenvalue weighted by Gasteiger charge is -2.45. The highest BCUT2D eigenvalue weighted by molar-refractivity contribution is 5.84. The number of hydrogen-bond donors (Lipinski definition) is 1. The average Bonchev–Trinajstić information content (AvgIpc) is 2.70. The van der Waals surface area contributed by atoms with Crippen molar-refractivity contribution in [3.8, 4) is 5.75 Å². The van der Waals surface area contributed by atoms with Crippen molar-refractivity contribution < 1.29 is 14.5 Å². The van der Waals surface area contributed by atoms with Crippen LogP contribution in [-0.4, -0.2) is 36.2 Å². The first kappa shape index (κ1) is 21.3. The Balaban J connectivity index is 1.60. The van der Waals surface area contributed by atoms with Crippen molar-refractivity contribution in [2.45, 2.75) is 38.6 Å². The van der Waals surface area contributed by atoms with E-state index in [0.29, 0.717) is 5.92 Å². The molecule has 1 heterocycles. The number of nitro groups is 1. The number of nitro benzene ring substituents is 1. The molecule has 2 aromatic carbocycles. The van der Waals surface area contributed by atoms with Crippen LogP contribution in [0, 0.1) is 10.1 Å². The van der Waals surface area contributed by atoms with Crippen LogP contribution in [0.4, 0.5) is 11.4 Å².